The molecule has 8 rings (SSSR count). The van der Waals surface area contributed by atoms with E-state index in [1.807, 2.05) is 90.9 Å². The molecule has 0 aliphatic carbocycles. The van der Waals surface area contributed by atoms with Gasteiger partial charge in [-0.3, -0.25) is 14.4 Å². The molecule has 6 aromatic rings. The molecule has 57 heavy (non-hydrogen) atoms. The number of likely N-dealkylation sites (N-methyl/N-ethyl adjacent to an activating group) is 2. The molecule has 4 N–H and O–H groups in total. The van der Waals surface area contributed by atoms with Crippen LogP contribution in [0.1, 0.15) is 81.2 Å². The third kappa shape index (κ3) is 8.33. The van der Waals surface area contributed by atoms with Gasteiger partial charge in [-0.2, -0.15) is 0 Å². The Bertz CT molecular complexity index is 2280. The van der Waals surface area contributed by atoms with Gasteiger partial charge in [-0.05, 0) is 85.8 Å². The van der Waals surface area contributed by atoms with Crippen LogP contribution in [0, 0.1) is 0 Å². The average Bonchev–Trinajstić information content (AvgIpc) is 4.06. The van der Waals surface area contributed by atoms with Gasteiger partial charge < -0.3 is 30.4 Å². The minimum absolute atomic E-state index is 0. The quantitative estimate of drug-likeness (QED) is 0.0996. The molecule has 2 aromatic heterocycles. The normalized spacial score (nSPS) is 17.5. The maximum absolute atomic E-state index is 13.7. The van der Waals surface area contributed by atoms with E-state index in [1.165, 1.54) is 0 Å². The maximum atomic E-state index is 13.7. The summed E-state index contributed by atoms with van der Waals surface area (Å²) in [5, 5.41) is 7.39. The van der Waals surface area contributed by atoms with Crippen molar-refractivity contribution in [3.63, 3.8) is 0 Å². The number of amides is 2. The maximum Gasteiger partial charge on any atom is 0.244 e. The molecule has 4 heterocycles. The molecular weight excluding hydrogens is 711 g/mol. The van der Waals surface area contributed by atoms with E-state index in [1.54, 1.807) is 11.9 Å². The van der Waals surface area contributed by atoms with Crippen LogP contribution in [0.3, 0.4) is 0 Å². The van der Waals surface area contributed by atoms with E-state index in [9.17, 15) is 14.4 Å². The van der Waals surface area contributed by atoms with E-state index >= 15 is 0 Å². The lowest BCUT2D eigenvalue weighted by atomic mass is 9.99. The molecule has 0 saturated carbocycles. The molecule has 0 unspecified atom stereocenters. The molecule has 4 atom stereocenters. The number of hydrogen-bond donors (Lipinski definition) is 4. The Balaban J connectivity index is 0.00000275. The van der Waals surface area contributed by atoms with Crippen molar-refractivity contribution < 1.29 is 14.4 Å². The van der Waals surface area contributed by atoms with Crippen molar-refractivity contribution in [1.82, 2.24) is 35.4 Å². The van der Waals surface area contributed by atoms with Crippen molar-refractivity contribution in [3.8, 4) is 22.5 Å². The van der Waals surface area contributed by atoms with Gasteiger partial charge in [0.05, 0.1) is 24.0 Å². The lowest BCUT2D eigenvalue weighted by Gasteiger charge is -2.28. The largest absolute Gasteiger partial charge is 0.355 e. The van der Waals surface area contributed by atoms with Crippen LogP contribution in [-0.2, 0) is 20.8 Å². The molecular formula is C47H55N7O3. The number of imidazole rings is 1. The highest BCUT2D eigenvalue weighted by molar-refractivity contribution is 5.94. The van der Waals surface area contributed by atoms with E-state index in [0.29, 0.717) is 19.5 Å². The Hall–Kier alpha value is -5.84. The van der Waals surface area contributed by atoms with Crippen LogP contribution < -0.4 is 10.6 Å². The summed E-state index contributed by atoms with van der Waals surface area (Å²) in [6.07, 6.45) is 5.43. The fourth-order valence-electron chi connectivity index (χ4n) is 8.42. The molecule has 2 fully saturated rings. The average molecular weight is 766 g/mol. The van der Waals surface area contributed by atoms with Gasteiger partial charge in [-0.25, -0.2) is 4.98 Å². The highest BCUT2D eigenvalue weighted by Crippen LogP contribution is 2.35. The number of nitrogens with zero attached hydrogens (tertiary/aromatic N) is 3. The number of ketones is 1. The van der Waals surface area contributed by atoms with Gasteiger partial charge in [0.1, 0.15) is 17.9 Å². The smallest absolute Gasteiger partial charge is 0.244 e. The number of aromatic amines is 2. The first-order valence-electron chi connectivity index (χ1n) is 19.3. The first kappa shape index (κ1) is 40.8. The minimum Gasteiger partial charge on any atom is -0.355 e. The lowest BCUT2D eigenvalue weighted by molar-refractivity contribution is -0.139. The van der Waals surface area contributed by atoms with Gasteiger partial charge in [0.15, 0.2) is 5.78 Å². The van der Waals surface area contributed by atoms with Crippen molar-refractivity contribution in [1.29, 1.82) is 0 Å². The van der Waals surface area contributed by atoms with Crippen LogP contribution in [-0.4, -0.2) is 75.6 Å². The number of nitrogens with one attached hydrogen (secondary N) is 4. The second kappa shape index (κ2) is 18.0. The van der Waals surface area contributed by atoms with Gasteiger partial charge in [-0.1, -0.05) is 106 Å². The van der Waals surface area contributed by atoms with Gasteiger partial charge in [0.25, 0.3) is 0 Å². The fraction of sp³-hybridized carbons (Fsp3) is 0.319. The molecule has 2 aliphatic heterocycles. The highest BCUT2D eigenvalue weighted by Gasteiger charge is 2.37. The third-order valence-electron chi connectivity index (χ3n) is 11.3. The van der Waals surface area contributed by atoms with Crippen molar-refractivity contribution in [2.45, 2.75) is 71.1 Å². The number of aromatic nitrogens is 3. The summed E-state index contributed by atoms with van der Waals surface area (Å²) >= 11 is 0. The molecule has 10 heteroatoms. The van der Waals surface area contributed by atoms with E-state index in [4.69, 9.17) is 4.98 Å². The van der Waals surface area contributed by atoms with Crippen LogP contribution in [0.2, 0.25) is 0 Å². The number of carbonyl (C=O) groups is 3. The topological polar surface area (TPSA) is 126 Å². The van der Waals surface area contributed by atoms with Crippen LogP contribution >= 0.6 is 0 Å². The molecule has 0 spiro atoms. The molecule has 296 valence electrons. The summed E-state index contributed by atoms with van der Waals surface area (Å²) in [4.78, 5) is 56.5. The van der Waals surface area contributed by atoms with Crippen molar-refractivity contribution in [3.05, 3.63) is 138 Å². The van der Waals surface area contributed by atoms with Crippen LogP contribution in [0.15, 0.2) is 115 Å². The van der Waals surface area contributed by atoms with Gasteiger partial charge >= 0.3 is 0 Å². The summed E-state index contributed by atoms with van der Waals surface area (Å²) in [6, 6.07) is 34.7. The number of likely N-dealkylation sites (tertiary alicyclic amines) is 2. The van der Waals surface area contributed by atoms with Crippen molar-refractivity contribution >= 4 is 28.5 Å². The zero-order valence-corrected chi connectivity index (χ0v) is 31.3. The predicted octanol–water partition coefficient (Wildman–Crippen LogP) is 8.18. The van der Waals surface area contributed by atoms with Crippen molar-refractivity contribution in [2.24, 2.45) is 0 Å². The lowest BCUT2D eigenvalue weighted by Crippen LogP contribution is -2.46. The fourth-order valence-corrected chi connectivity index (χ4v) is 8.42. The first-order chi connectivity index (χ1) is 26.9. The number of rotatable bonds is 12. The number of fused-ring (bicyclic) bond motifs is 1. The molecule has 2 amide bonds. The first-order valence-corrected chi connectivity index (χ1v) is 19.3. The second-order valence-corrected chi connectivity index (χ2v) is 14.7. The zero-order valence-electron chi connectivity index (χ0n) is 31.3. The Morgan fingerprint density at radius 1 is 0.702 bits per heavy atom. The van der Waals surface area contributed by atoms with Crippen LogP contribution in [0.4, 0.5) is 0 Å². The zero-order chi connectivity index (χ0) is 37.9. The summed E-state index contributed by atoms with van der Waals surface area (Å²) in [5.74, 6) is 0.885. The summed E-state index contributed by atoms with van der Waals surface area (Å²) < 4.78 is 0. The Morgan fingerprint density at radius 2 is 1.28 bits per heavy atom. The summed E-state index contributed by atoms with van der Waals surface area (Å²) in [7, 11) is 3.61. The number of carbonyl (C=O) groups excluding carboxylic acids is 3. The molecule has 4 aromatic carbocycles. The van der Waals surface area contributed by atoms with Crippen LogP contribution in [0.5, 0.6) is 0 Å². The van der Waals surface area contributed by atoms with E-state index in [2.05, 4.69) is 57.0 Å². The van der Waals surface area contributed by atoms with E-state index < -0.39 is 18.1 Å². The minimum atomic E-state index is -0.479. The Kier molecular flexibility index (Phi) is 12.9. The van der Waals surface area contributed by atoms with E-state index in [-0.39, 0.29) is 44.9 Å². The molecule has 10 nitrogen and oxygen atoms in total. The summed E-state index contributed by atoms with van der Waals surface area (Å²) in [6.45, 7) is 1.29. The standard InChI is InChI=1S/C45H47N7O3.2CH4/c1-46-41(32-11-5-3-6-12-32)44(54)51-23-9-15-38(51)40(53)26-29-17-22-35-34(25-29)27-36(49-35)30-18-20-31(21-19-30)37-28-48-43(50-37)39-16-10-24-52(39)45(55)42(47-2)33-13-7-4-8-14-33;;/h3-8,11-14,17-22,25,27-28,38-39,41-42,46-47,49H,9-10,15-16,23-24,26H2,1-2H3,(H,48,50);2*1H4/t38-,39-,41-,42-;;/m0../s1. The molecule has 0 bridgehead atoms. The van der Waals surface area contributed by atoms with Crippen molar-refractivity contribution in [2.75, 3.05) is 27.2 Å². The Morgan fingerprint density at radius 3 is 1.91 bits per heavy atom. The number of benzene rings is 4. The second-order valence-electron chi connectivity index (χ2n) is 14.7. The van der Waals surface area contributed by atoms with Gasteiger partial charge in [0, 0.05) is 36.1 Å². The highest BCUT2D eigenvalue weighted by atomic mass is 16.2. The number of Topliss-reactive ketones (excluding diaryl/α,β-unsaturated/α-hetero) is 1. The molecule has 2 saturated heterocycles. The third-order valence-corrected chi connectivity index (χ3v) is 11.3. The van der Waals surface area contributed by atoms with Gasteiger partial charge in [0.2, 0.25) is 11.8 Å². The predicted molar refractivity (Wildman–Crippen MR) is 228 cm³/mol. The summed E-state index contributed by atoms with van der Waals surface area (Å²) in [5.41, 5.74) is 7.73. The number of H-pyrrole nitrogens is 2. The Labute approximate surface area is 336 Å². The SMILES string of the molecule is C.C.CN[C@H](C(=O)N1CCC[C@H]1C(=O)Cc1ccc2[nH]c(-c3ccc(-c4cnc([C@@H]5CCCN5C(=O)[C@@H](NC)c5ccccc5)[nH]4)cc3)cc2c1)c1ccccc1. The van der Waals surface area contributed by atoms with E-state index in [0.717, 1.165) is 75.2 Å². The van der Waals surface area contributed by atoms with Crippen LogP contribution in [0.25, 0.3) is 33.4 Å². The molecule has 2 aliphatic rings. The monoisotopic (exact) mass is 765 g/mol. The van der Waals surface area contributed by atoms with Gasteiger partial charge in [-0.15, -0.1) is 0 Å². The molecule has 0 radical (unpaired) electrons. The number of hydrogen-bond acceptors (Lipinski definition) is 6.